The number of nitrogens with one attached hydrogen (secondary N) is 1. The van der Waals surface area contributed by atoms with Crippen molar-refractivity contribution in [3.63, 3.8) is 0 Å². The van der Waals surface area contributed by atoms with E-state index in [-0.39, 0.29) is 11.6 Å². The Kier molecular flexibility index (Phi) is 2.82. The van der Waals surface area contributed by atoms with Gasteiger partial charge in [0.1, 0.15) is 0 Å². The summed E-state index contributed by atoms with van der Waals surface area (Å²) < 4.78 is 0. The quantitative estimate of drug-likeness (QED) is 0.628. The summed E-state index contributed by atoms with van der Waals surface area (Å²) in [6, 6.07) is 3.07. The van der Waals surface area contributed by atoms with Crippen molar-refractivity contribution in [2.24, 2.45) is 5.73 Å². The minimum absolute atomic E-state index is 0.00207. The number of rotatable bonds is 3. The van der Waals surface area contributed by atoms with E-state index in [0.717, 1.165) is 5.56 Å². The highest BCUT2D eigenvalue weighted by molar-refractivity contribution is 6.00. The molecule has 18 heavy (non-hydrogen) atoms. The van der Waals surface area contributed by atoms with Gasteiger partial charge in [-0.15, -0.1) is 0 Å². The molecule has 0 heterocycles. The van der Waals surface area contributed by atoms with Crippen LogP contribution in [0.25, 0.3) is 0 Å². The van der Waals surface area contributed by atoms with Crippen LogP contribution in [0.4, 0.5) is 11.4 Å². The Morgan fingerprint density at radius 1 is 1.39 bits per heavy atom. The standard InChI is InChI=1S/C12H15N3O3/c1-7-5-8(2)10(15(17)18)6-9(7)14-11(16)12(13)3-4-12/h5-6H,3-4,13H2,1-2H3,(H,14,16). The van der Waals surface area contributed by atoms with Crippen molar-refractivity contribution in [3.8, 4) is 0 Å². The lowest BCUT2D eigenvalue weighted by Crippen LogP contribution is -2.38. The molecule has 1 aliphatic carbocycles. The molecule has 1 aliphatic rings. The maximum absolute atomic E-state index is 11.8. The molecule has 1 saturated carbocycles. The Morgan fingerprint density at radius 3 is 2.50 bits per heavy atom. The van der Waals surface area contributed by atoms with Gasteiger partial charge >= 0.3 is 0 Å². The molecule has 1 aromatic carbocycles. The number of carbonyl (C=O) groups excluding carboxylic acids is 1. The van der Waals surface area contributed by atoms with Crippen molar-refractivity contribution < 1.29 is 9.72 Å². The van der Waals surface area contributed by atoms with E-state index < -0.39 is 10.5 Å². The normalized spacial score (nSPS) is 16.2. The molecule has 6 nitrogen and oxygen atoms in total. The van der Waals surface area contributed by atoms with Crippen molar-refractivity contribution in [1.29, 1.82) is 0 Å². The predicted octanol–water partition coefficient (Wildman–Crippen LogP) is 1.64. The lowest BCUT2D eigenvalue weighted by Gasteiger charge is -2.12. The molecule has 96 valence electrons. The Labute approximate surface area is 104 Å². The third-order valence-corrected chi connectivity index (χ3v) is 3.23. The van der Waals surface area contributed by atoms with Crippen molar-refractivity contribution >= 4 is 17.3 Å². The average molecular weight is 249 g/mol. The zero-order chi connectivity index (χ0) is 13.5. The fraction of sp³-hybridized carbons (Fsp3) is 0.417. The number of amides is 1. The first kappa shape index (κ1) is 12.5. The van der Waals surface area contributed by atoms with Crippen LogP contribution < -0.4 is 11.1 Å². The molecule has 0 unspecified atom stereocenters. The molecule has 1 fully saturated rings. The van der Waals surface area contributed by atoms with Gasteiger partial charge in [-0.05, 0) is 38.3 Å². The van der Waals surface area contributed by atoms with Gasteiger partial charge in [-0.1, -0.05) is 0 Å². The van der Waals surface area contributed by atoms with Crippen molar-refractivity contribution in [2.75, 3.05) is 5.32 Å². The smallest absolute Gasteiger partial charge is 0.274 e. The molecule has 1 aromatic rings. The summed E-state index contributed by atoms with van der Waals surface area (Å²) >= 11 is 0. The molecular weight excluding hydrogens is 234 g/mol. The van der Waals surface area contributed by atoms with Gasteiger partial charge in [0.25, 0.3) is 5.69 Å². The highest BCUT2D eigenvalue weighted by atomic mass is 16.6. The van der Waals surface area contributed by atoms with E-state index >= 15 is 0 Å². The van der Waals surface area contributed by atoms with Gasteiger partial charge in [0.05, 0.1) is 16.1 Å². The van der Waals surface area contributed by atoms with Crippen LogP contribution in [0.1, 0.15) is 24.0 Å². The van der Waals surface area contributed by atoms with Gasteiger partial charge in [0, 0.05) is 11.6 Å². The van der Waals surface area contributed by atoms with Gasteiger partial charge in [-0.2, -0.15) is 0 Å². The van der Waals surface area contributed by atoms with Gasteiger partial charge < -0.3 is 11.1 Å². The Hall–Kier alpha value is -1.95. The van der Waals surface area contributed by atoms with E-state index in [4.69, 9.17) is 5.73 Å². The van der Waals surface area contributed by atoms with E-state index in [2.05, 4.69) is 5.32 Å². The molecule has 0 radical (unpaired) electrons. The minimum atomic E-state index is -0.786. The monoisotopic (exact) mass is 249 g/mol. The number of benzene rings is 1. The number of hydrogen-bond donors (Lipinski definition) is 2. The molecule has 1 amide bonds. The van der Waals surface area contributed by atoms with Crippen molar-refractivity contribution in [2.45, 2.75) is 32.2 Å². The number of nitrogens with two attached hydrogens (primary N) is 1. The number of aryl methyl sites for hydroxylation is 2. The van der Waals surface area contributed by atoms with Crippen molar-refractivity contribution in [1.82, 2.24) is 0 Å². The molecule has 6 heteroatoms. The molecule has 2 rings (SSSR count). The zero-order valence-electron chi connectivity index (χ0n) is 10.3. The summed E-state index contributed by atoms with van der Waals surface area (Å²) in [6.45, 7) is 3.46. The van der Waals surface area contributed by atoms with E-state index in [1.807, 2.05) is 0 Å². The molecule has 0 aromatic heterocycles. The van der Waals surface area contributed by atoms with Crippen LogP contribution >= 0.6 is 0 Å². The second-order valence-electron chi connectivity index (χ2n) is 4.82. The van der Waals surface area contributed by atoms with Crippen LogP contribution in [-0.2, 0) is 4.79 Å². The maximum Gasteiger partial charge on any atom is 0.274 e. The summed E-state index contributed by atoms with van der Waals surface area (Å²) in [7, 11) is 0. The number of hydrogen-bond acceptors (Lipinski definition) is 4. The first-order valence-electron chi connectivity index (χ1n) is 5.69. The Bertz CT molecular complexity index is 536. The first-order chi connectivity index (χ1) is 8.33. The highest BCUT2D eigenvalue weighted by Gasteiger charge is 2.46. The fourth-order valence-corrected chi connectivity index (χ4v) is 1.78. The second kappa shape index (κ2) is 4.06. The van der Waals surface area contributed by atoms with Gasteiger partial charge in [-0.3, -0.25) is 14.9 Å². The summed E-state index contributed by atoms with van der Waals surface area (Å²) in [5.41, 5.74) is 6.80. The van der Waals surface area contributed by atoms with Crippen LogP contribution in [0, 0.1) is 24.0 Å². The summed E-state index contributed by atoms with van der Waals surface area (Å²) in [5, 5.41) is 13.5. The van der Waals surface area contributed by atoms with Crippen LogP contribution in [-0.4, -0.2) is 16.4 Å². The predicted molar refractivity (Wildman–Crippen MR) is 67.4 cm³/mol. The zero-order valence-corrected chi connectivity index (χ0v) is 10.3. The Balaban J connectivity index is 2.30. The largest absolute Gasteiger partial charge is 0.324 e. The van der Waals surface area contributed by atoms with Crippen LogP contribution in [0.15, 0.2) is 12.1 Å². The van der Waals surface area contributed by atoms with Gasteiger partial charge in [-0.25, -0.2) is 0 Å². The van der Waals surface area contributed by atoms with Gasteiger partial charge in [0.15, 0.2) is 0 Å². The third kappa shape index (κ3) is 2.19. The Morgan fingerprint density at radius 2 is 2.00 bits per heavy atom. The lowest BCUT2D eigenvalue weighted by atomic mass is 10.1. The topological polar surface area (TPSA) is 98.3 Å². The number of nitro benzene ring substituents is 1. The molecule has 0 atom stereocenters. The van der Waals surface area contributed by atoms with Gasteiger partial charge in [0.2, 0.25) is 5.91 Å². The fourth-order valence-electron chi connectivity index (χ4n) is 1.78. The molecule has 0 saturated heterocycles. The van der Waals surface area contributed by atoms with E-state index in [9.17, 15) is 14.9 Å². The lowest BCUT2D eigenvalue weighted by molar-refractivity contribution is -0.385. The third-order valence-electron chi connectivity index (χ3n) is 3.23. The van der Waals surface area contributed by atoms with Crippen molar-refractivity contribution in [3.05, 3.63) is 33.4 Å². The SMILES string of the molecule is Cc1cc(C)c([N+](=O)[O-])cc1NC(=O)C1(N)CC1. The summed E-state index contributed by atoms with van der Waals surface area (Å²) in [4.78, 5) is 22.2. The molecule has 0 spiro atoms. The van der Waals surface area contributed by atoms with E-state index in [1.165, 1.54) is 6.07 Å². The molecule has 0 aliphatic heterocycles. The number of nitrogens with zero attached hydrogens (tertiary/aromatic N) is 1. The molecule has 0 bridgehead atoms. The average Bonchev–Trinajstić information content (AvgIpc) is 3.01. The summed E-state index contributed by atoms with van der Waals surface area (Å²) in [6.07, 6.45) is 1.32. The number of nitro groups is 1. The maximum atomic E-state index is 11.8. The van der Waals surface area contributed by atoms with Crippen LogP contribution in [0.2, 0.25) is 0 Å². The summed E-state index contributed by atoms with van der Waals surface area (Å²) in [5.74, 6) is -0.274. The van der Waals surface area contributed by atoms with Crippen LogP contribution in [0.3, 0.4) is 0 Å². The number of anilines is 1. The highest BCUT2D eigenvalue weighted by Crippen LogP contribution is 2.34. The van der Waals surface area contributed by atoms with E-state index in [0.29, 0.717) is 24.1 Å². The first-order valence-corrected chi connectivity index (χ1v) is 5.69. The molecular formula is C12H15N3O3. The molecule has 3 N–H and O–H groups in total. The van der Waals surface area contributed by atoms with E-state index in [1.54, 1.807) is 19.9 Å². The number of carbonyl (C=O) groups is 1. The minimum Gasteiger partial charge on any atom is -0.324 e. The van der Waals surface area contributed by atoms with Crippen LogP contribution in [0.5, 0.6) is 0 Å². The second-order valence-corrected chi connectivity index (χ2v) is 4.82.